The van der Waals surface area contributed by atoms with Gasteiger partial charge in [0.05, 0.1) is 0 Å². The third-order valence-electron chi connectivity index (χ3n) is 4.64. The lowest BCUT2D eigenvalue weighted by Gasteiger charge is -2.33. The molecular weight excluding hydrogens is 292 g/mol. The molecule has 23 heavy (non-hydrogen) atoms. The molecule has 0 aliphatic rings. The van der Waals surface area contributed by atoms with Crippen LogP contribution < -0.4 is 0 Å². The molecule has 0 aliphatic heterocycles. The topological polar surface area (TPSA) is 63.6 Å². The molecule has 0 aromatic rings. The molecule has 0 fully saturated rings. The molecule has 4 nitrogen and oxygen atoms in total. The largest absolute Gasteiger partial charge is 0.480 e. The van der Waals surface area contributed by atoms with Crippen molar-refractivity contribution in [1.82, 2.24) is 0 Å². The Morgan fingerprint density at radius 2 is 1.48 bits per heavy atom. The highest BCUT2D eigenvalue weighted by atomic mass is 16.5. The molecule has 2 atom stereocenters. The lowest BCUT2D eigenvalue weighted by Crippen LogP contribution is -2.46. The summed E-state index contributed by atoms with van der Waals surface area (Å²) in [7, 11) is 0. The number of carboxylic acid groups (broad SMARTS) is 1. The molecule has 0 saturated carbocycles. The Morgan fingerprint density at radius 1 is 0.957 bits per heavy atom. The maximum atomic E-state index is 12.8. The second-order valence-electron chi connectivity index (χ2n) is 7.77. The van der Waals surface area contributed by atoms with Crippen LogP contribution in [0.4, 0.5) is 0 Å². The van der Waals surface area contributed by atoms with Crippen LogP contribution in [0.3, 0.4) is 0 Å². The Bertz CT molecular complexity index is 374. The summed E-state index contributed by atoms with van der Waals surface area (Å²) >= 11 is 0. The van der Waals surface area contributed by atoms with E-state index in [1.165, 1.54) is 0 Å². The van der Waals surface area contributed by atoms with Crippen LogP contribution in [0, 0.1) is 23.2 Å². The van der Waals surface area contributed by atoms with Crippen molar-refractivity contribution in [2.24, 2.45) is 23.2 Å². The highest BCUT2D eigenvalue weighted by Gasteiger charge is 2.50. The van der Waals surface area contributed by atoms with E-state index in [0.717, 1.165) is 19.3 Å². The zero-order valence-corrected chi connectivity index (χ0v) is 16.0. The van der Waals surface area contributed by atoms with Crippen LogP contribution in [0.5, 0.6) is 0 Å². The molecule has 4 heteroatoms. The third kappa shape index (κ3) is 6.52. The molecule has 0 aliphatic carbocycles. The highest BCUT2D eigenvalue weighted by molar-refractivity contribution is 5.99. The van der Waals surface area contributed by atoms with E-state index < -0.39 is 17.4 Å². The molecule has 0 amide bonds. The van der Waals surface area contributed by atoms with E-state index in [1.54, 1.807) is 13.8 Å². The van der Waals surface area contributed by atoms with Crippen molar-refractivity contribution in [1.29, 1.82) is 0 Å². The molecule has 0 bridgehead atoms. The second kappa shape index (κ2) is 9.94. The van der Waals surface area contributed by atoms with Crippen LogP contribution in [0.15, 0.2) is 0 Å². The lowest BCUT2D eigenvalue weighted by molar-refractivity contribution is -0.178. The van der Waals surface area contributed by atoms with E-state index >= 15 is 0 Å². The number of aliphatic carboxylic acids is 1. The minimum absolute atomic E-state index is 0.193. The fraction of sp³-hybridized carbons (Fsp3) is 0.895. The fourth-order valence-corrected chi connectivity index (χ4v) is 2.71. The smallest absolute Gasteiger partial charge is 0.324 e. The number of hydrogen-bond donors (Lipinski definition) is 1. The first-order valence-electron chi connectivity index (χ1n) is 9.02. The van der Waals surface area contributed by atoms with Gasteiger partial charge in [-0.3, -0.25) is 9.59 Å². The van der Waals surface area contributed by atoms with Gasteiger partial charge in [0.2, 0.25) is 0 Å². The summed E-state index contributed by atoms with van der Waals surface area (Å²) in [4.78, 5) is 24.7. The predicted molar refractivity (Wildman–Crippen MR) is 93.2 cm³/mol. The Hall–Kier alpha value is -1.06. The average Bonchev–Trinajstić information content (AvgIpc) is 2.42. The van der Waals surface area contributed by atoms with Gasteiger partial charge in [-0.15, -0.1) is 0 Å². The van der Waals surface area contributed by atoms with E-state index in [2.05, 4.69) is 13.8 Å². The van der Waals surface area contributed by atoms with Crippen molar-refractivity contribution in [3.05, 3.63) is 0 Å². The van der Waals surface area contributed by atoms with Gasteiger partial charge in [-0.25, -0.2) is 0 Å². The lowest BCUT2D eigenvalue weighted by atomic mass is 9.72. The molecule has 0 rings (SSSR count). The van der Waals surface area contributed by atoms with Gasteiger partial charge in [-0.2, -0.15) is 0 Å². The first-order chi connectivity index (χ1) is 10.6. The van der Waals surface area contributed by atoms with E-state index in [9.17, 15) is 14.7 Å². The van der Waals surface area contributed by atoms with Gasteiger partial charge in [0, 0.05) is 0 Å². The minimum atomic E-state index is -1.43. The second-order valence-corrected chi connectivity index (χ2v) is 7.77. The number of hydrogen-bond acceptors (Lipinski definition) is 3. The normalized spacial score (nSPS) is 15.7. The van der Waals surface area contributed by atoms with Crippen molar-refractivity contribution in [3.8, 4) is 0 Å². The zero-order chi connectivity index (χ0) is 18.2. The molecule has 0 aromatic carbocycles. The fourth-order valence-electron chi connectivity index (χ4n) is 2.71. The molecule has 0 heterocycles. The van der Waals surface area contributed by atoms with Gasteiger partial charge in [0.1, 0.15) is 6.10 Å². The van der Waals surface area contributed by atoms with Crippen LogP contribution in [0.25, 0.3) is 0 Å². The summed E-state index contributed by atoms with van der Waals surface area (Å²) in [6, 6.07) is 0. The molecule has 0 aromatic heterocycles. The van der Waals surface area contributed by atoms with Gasteiger partial charge in [-0.1, -0.05) is 48.5 Å². The van der Waals surface area contributed by atoms with Crippen molar-refractivity contribution in [2.75, 3.05) is 0 Å². The quantitative estimate of drug-likeness (QED) is 0.432. The van der Waals surface area contributed by atoms with E-state index in [1.807, 2.05) is 20.8 Å². The van der Waals surface area contributed by atoms with Gasteiger partial charge in [-0.05, 0) is 49.9 Å². The minimum Gasteiger partial charge on any atom is -0.480 e. The summed E-state index contributed by atoms with van der Waals surface area (Å²) < 4.78 is 5.65. The molecule has 1 N–H and O–H groups in total. The Labute approximate surface area is 142 Å². The number of rotatable bonds is 11. The Balaban J connectivity index is 5.21. The summed E-state index contributed by atoms with van der Waals surface area (Å²) in [6.07, 6.45) is 3.31. The van der Waals surface area contributed by atoms with Crippen molar-refractivity contribution >= 4 is 11.9 Å². The molecule has 0 saturated heterocycles. The number of ether oxygens (including phenoxy) is 1. The Kier molecular flexibility index (Phi) is 9.48. The predicted octanol–water partition coefficient (Wildman–Crippen LogP) is 4.91. The monoisotopic (exact) mass is 328 g/mol. The van der Waals surface area contributed by atoms with Crippen LogP contribution in [0.2, 0.25) is 0 Å². The number of carbonyl (C=O) groups excluding carboxylic acids is 1. The van der Waals surface area contributed by atoms with Crippen LogP contribution in [0.1, 0.15) is 80.6 Å². The zero-order valence-electron chi connectivity index (χ0n) is 16.0. The SMILES string of the molecule is CCC(CCC(C)C)OC(=O)C(CCC(C)C)(C(=O)O)C(C)C. The van der Waals surface area contributed by atoms with E-state index in [4.69, 9.17) is 4.74 Å². The molecule has 0 spiro atoms. The maximum Gasteiger partial charge on any atom is 0.324 e. The van der Waals surface area contributed by atoms with E-state index in [-0.39, 0.29) is 12.0 Å². The number of carboxylic acids is 1. The first kappa shape index (κ1) is 21.9. The average molecular weight is 328 g/mol. The molecule has 136 valence electrons. The van der Waals surface area contributed by atoms with Crippen LogP contribution in [-0.4, -0.2) is 23.1 Å². The van der Waals surface area contributed by atoms with Gasteiger partial charge in [0.15, 0.2) is 5.41 Å². The summed E-state index contributed by atoms with van der Waals surface area (Å²) in [6.45, 7) is 13.9. The molecule has 2 unspecified atom stereocenters. The number of esters is 1. The van der Waals surface area contributed by atoms with E-state index in [0.29, 0.717) is 24.7 Å². The van der Waals surface area contributed by atoms with Gasteiger partial charge in [0.25, 0.3) is 0 Å². The number of carbonyl (C=O) groups is 2. The summed E-state index contributed by atoms with van der Waals surface area (Å²) in [5.41, 5.74) is -1.43. The van der Waals surface area contributed by atoms with Gasteiger partial charge < -0.3 is 9.84 Å². The standard InChI is InChI=1S/C19H36O4/c1-8-16(10-9-13(2)3)23-18(22)19(15(6)7,17(20)21)12-11-14(4)5/h13-16H,8-12H2,1-7H3,(H,20,21). The van der Waals surface area contributed by atoms with Crippen LogP contribution >= 0.6 is 0 Å². The Morgan fingerprint density at radius 3 is 1.83 bits per heavy atom. The van der Waals surface area contributed by atoms with Gasteiger partial charge >= 0.3 is 11.9 Å². The summed E-state index contributed by atoms with van der Waals surface area (Å²) in [5.74, 6) is -1.02. The highest BCUT2D eigenvalue weighted by Crippen LogP contribution is 2.37. The maximum absolute atomic E-state index is 12.8. The van der Waals surface area contributed by atoms with Crippen LogP contribution in [-0.2, 0) is 14.3 Å². The third-order valence-corrected chi connectivity index (χ3v) is 4.64. The first-order valence-corrected chi connectivity index (χ1v) is 9.02. The van der Waals surface area contributed by atoms with Crippen molar-refractivity contribution in [2.45, 2.75) is 86.7 Å². The molecular formula is C19H36O4. The molecule has 0 radical (unpaired) electrons. The van der Waals surface area contributed by atoms with Crippen molar-refractivity contribution < 1.29 is 19.4 Å². The summed E-state index contributed by atoms with van der Waals surface area (Å²) in [5, 5.41) is 9.78. The van der Waals surface area contributed by atoms with Crippen molar-refractivity contribution in [3.63, 3.8) is 0 Å².